The van der Waals surface area contributed by atoms with E-state index in [0.717, 1.165) is 13.8 Å². The third-order valence-electron chi connectivity index (χ3n) is 5.80. The Labute approximate surface area is 172 Å². The number of benzene rings is 1. The molecule has 1 heterocycles. The van der Waals surface area contributed by atoms with Crippen molar-refractivity contribution >= 4 is 23.3 Å². The number of ketones is 3. The minimum absolute atomic E-state index is 0.0313. The maximum absolute atomic E-state index is 12.7. The molecule has 30 heavy (non-hydrogen) atoms. The first kappa shape index (κ1) is 21.5. The predicted molar refractivity (Wildman–Crippen MR) is 102 cm³/mol. The van der Waals surface area contributed by atoms with Crippen LogP contribution in [0.3, 0.4) is 0 Å². The van der Waals surface area contributed by atoms with E-state index >= 15 is 0 Å². The van der Waals surface area contributed by atoms with Gasteiger partial charge in [0, 0.05) is 19.6 Å². The molecule has 2 atom stereocenters. The van der Waals surface area contributed by atoms with Crippen molar-refractivity contribution in [1.82, 2.24) is 0 Å². The van der Waals surface area contributed by atoms with Crippen LogP contribution in [0, 0.1) is 6.92 Å². The van der Waals surface area contributed by atoms with Gasteiger partial charge in [0.15, 0.2) is 17.3 Å². The van der Waals surface area contributed by atoms with Crippen molar-refractivity contribution in [2.24, 2.45) is 0 Å². The van der Waals surface area contributed by atoms with Gasteiger partial charge < -0.3 is 24.4 Å². The summed E-state index contributed by atoms with van der Waals surface area (Å²) < 4.78 is 16.8. The number of methoxy groups -OCH3 is 1. The molecule has 2 aliphatic rings. The van der Waals surface area contributed by atoms with Crippen molar-refractivity contribution in [2.75, 3.05) is 7.11 Å². The lowest BCUT2D eigenvalue weighted by atomic mass is 9.66. The van der Waals surface area contributed by atoms with E-state index in [0.29, 0.717) is 0 Å². The van der Waals surface area contributed by atoms with Crippen LogP contribution in [0.2, 0.25) is 0 Å². The molecule has 0 fully saturated rings. The van der Waals surface area contributed by atoms with E-state index in [9.17, 15) is 29.4 Å². The molecule has 0 bridgehead atoms. The Balaban J connectivity index is 2.56. The minimum Gasteiger partial charge on any atom is -0.510 e. The number of aromatic hydroxyl groups is 1. The second kappa shape index (κ2) is 6.66. The van der Waals surface area contributed by atoms with E-state index in [1.165, 1.54) is 27.9 Å². The molecule has 1 aromatic rings. The number of aliphatic hydroxyl groups excluding tert-OH is 1. The third-order valence-corrected chi connectivity index (χ3v) is 5.80. The van der Waals surface area contributed by atoms with Gasteiger partial charge in [0.25, 0.3) is 0 Å². The number of Topliss-reactive ketones (excluding diaryl/α,β-unsaturated/α-hetero) is 3. The Hall–Kier alpha value is -3.20. The number of rotatable bonds is 4. The maximum Gasteiger partial charge on any atom is 0.308 e. The van der Waals surface area contributed by atoms with Crippen molar-refractivity contribution in [1.29, 1.82) is 0 Å². The quantitative estimate of drug-likeness (QED) is 0.326. The van der Waals surface area contributed by atoms with Gasteiger partial charge in [-0.25, -0.2) is 0 Å². The fourth-order valence-corrected chi connectivity index (χ4v) is 4.30. The van der Waals surface area contributed by atoms with Crippen molar-refractivity contribution < 1.29 is 43.6 Å². The summed E-state index contributed by atoms with van der Waals surface area (Å²) in [7, 11) is 1.25. The normalized spacial score (nSPS) is 24.8. The fraction of sp³-hybridized carbons (Fsp3) is 0.429. The number of phenolic OH excluding ortho intramolecular Hbond substituents is 1. The summed E-state index contributed by atoms with van der Waals surface area (Å²) in [5.74, 6) is -5.91. The summed E-state index contributed by atoms with van der Waals surface area (Å²) in [6, 6.07) is 0. The lowest BCUT2D eigenvalue weighted by Crippen LogP contribution is -2.57. The highest BCUT2D eigenvalue weighted by Gasteiger charge is 2.68. The summed E-state index contributed by atoms with van der Waals surface area (Å²) in [5.41, 5.74) is -2.25. The molecule has 1 aliphatic carbocycles. The molecule has 160 valence electrons. The number of esters is 1. The van der Waals surface area contributed by atoms with Crippen molar-refractivity contribution in [3.63, 3.8) is 0 Å². The molecule has 9 nitrogen and oxygen atoms in total. The highest BCUT2D eigenvalue weighted by atomic mass is 16.7. The minimum atomic E-state index is -1.84. The average molecular weight is 418 g/mol. The molecule has 3 rings (SSSR count). The van der Waals surface area contributed by atoms with E-state index < -0.39 is 58.0 Å². The maximum atomic E-state index is 12.7. The number of ether oxygens (including phenoxy) is 3. The van der Waals surface area contributed by atoms with Crippen molar-refractivity contribution in [3.8, 4) is 17.2 Å². The first-order valence-electron chi connectivity index (χ1n) is 9.15. The average Bonchev–Trinajstić information content (AvgIpc) is 2.88. The molecule has 2 N–H and O–H groups in total. The third kappa shape index (κ3) is 2.51. The van der Waals surface area contributed by atoms with E-state index in [1.54, 1.807) is 0 Å². The predicted octanol–water partition coefficient (Wildman–Crippen LogP) is 2.20. The van der Waals surface area contributed by atoms with Gasteiger partial charge in [-0.3, -0.25) is 19.2 Å². The van der Waals surface area contributed by atoms with Crippen LogP contribution in [0.4, 0.5) is 0 Å². The van der Waals surface area contributed by atoms with Gasteiger partial charge in [-0.05, 0) is 27.7 Å². The Morgan fingerprint density at radius 1 is 1.10 bits per heavy atom. The SMILES string of the molecule is CO[C@@]12CC(=O)C(C(C)=O)=C(O)[C@]1(C)c1c(OC(C)=O)c(C)c(O)c(C(C)=O)c1O2. The number of carbonyl (C=O) groups is 4. The highest BCUT2D eigenvalue weighted by molar-refractivity contribution is 6.21. The van der Waals surface area contributed by atoms with Crippen LogP contribution in [0.5, 0.6) is 17.2 Å². The molecule has 0 amide bonds. The smallest absolute Gasteiger partial charge is 0.308 e. The van der Waals surface area contributed by atoms with Crippen LogP contribution in [0.1, 0.15) is 55.6 Å². The van der Waals surface area contributed by atoms with Gasteiger partial charge in [0.1, 0.15) is 34.0 Å². The fourth-order valence-electron chi connectivity index (χ4n) is 4.30. The molecule has 9 heteroatoms. The van der Waals surface area contributed by atoms with Gasteiger partial charge >= 0.3 is 5.97 Å². The van der Waals surface area contributed by atoms with Gasteiger partial charge in [0.05, 0.1) is 17.6 Å². The van der Waals surface area contributed by atoms with E-state index in [2.05, 4.69) is 0 Å². The number of allylic oxidation sites excluding steroid dienone is 1. The van der Waals surface area contributed by atoms with Crippen LogP contribution in [0.15, 0.2) is 11.3 Å². The molecule has 1 aromatic carbocycles. The van der Waals surface area contributed by atoms with Gasteiger partial charge in [-0.1, -0.05) is 0 Å². The lowest BCUT2D eigenvalue weighted by Gasteiger charge is -2.43. The van der Waals surface area contributed by atoms with Gasteiger partial charge in [-0.2, -0.15) is 0 Å². The largest absolute Gasteiger partial charge is 0.510 e. The van der Waals surface area contributed by atoms with Gasteiger partial charge in [-0.15, -0.1) is 0 Å². The molecule has 0 unspecified atom stereocenters. The zero-order chi connectivity index (χ0) is 22.8. The van der Waals surface area contributed by atoms with Crippen LogP contribution >= 0.6 is 0 Å². The standard InChI is InChI=1S/C21H22O9/c1-8-16(26)14(10(3)23)18-15(17(8)29-11(4)24)20(5)19(27)13(9(2)22)12(25)7-21(20,28-6)30-18/h26-27H,7H2,1-6H3/t20-,21+/m0/s1. The topological polar surface area (TPSA) is 136 Å². The number of hydrogen-bond acceptors (Lipinski definition) is 9. The van der Waals surface area contributed by atoms with Crippen LogP contribution in [-0.4, -0.2) is 46.4 Å². The number of phenols is 1. The van der Waals surface area contributed by atoms with Crippen LogP contribution in [0.25, 0.3) is 0 Å². The summed E-state index contributed by atoms with van der Waals surface area (Å²) >= 11 is 0. The molecular weight excluding hydrogens is 396 g/mol. The summed E-state index contributed by atoms with van der Waals surface area (Å²) in [4.78, 5) is 48.9. The second-order valence-electron chi connectivity index (χ2n) is 7.60. The molecule has 0 radical (unpaired) electrons. The molecule has 0 aromatic heterocycles. The first-order chi connectivity index (χ1) is 13.8. The summed E-state index contributed by atoms with van der Waals surface area (Å²) in [5, 5.41) is 21.8. The van der Waals surface area contributed by atoms with E-state index in [4.69, 9.17) is 14.2 Å². The molecular formula is C21H22O9. The van der Waals surface area contributed by atoms with Crippen LogP contribution < -0.4 is 9.47 Å². The second-order valence-corrected chi connectivity index (χ2v) is 7.60. The highest BCUT2D eigenvalue weighted by Crippen LogP contribution is 2.63. The Morgan fingerprint density at radius 2 is 1.70 bits per heavy atom. The first-order valence-corrected chi connectivity index (χ1v) is 9.15. The van der Waals surface area contributed by atoms with Gasteiger partial charge in [0.2, 0.25) is 5.79 Å². The zero-order valence-corrected chi connectivity index (χ0v) is 17.5. The summed E-state index contributed by atoms with van der Waals surface area (Å²) in [6.45, 7) is 6.37. The lowest BCUT2D eigenvalue weighted by molar-refractivity contribution is -0.199. The monoisotopic (exact) mass is 418 g/mol. The zero-order valence-electron chi connectivity index (χ0n) is 17.5. The van der Waals surface area contributed by atoms with E-state index in [-0.39, 0.29) is 28.2 Å². The van der Waals surface area contributed by atoms with Crippen molar-refractivity contribution in [2.45, 2.75) is 52.2 Å². The Bertz CT molecular complexity index is 1060. The summed E-state index contributed by atoms with van der Waals surface area (Å²) in [6.07, 6.45) is -0.454. The molecule has 0 saturated heterocycles. The van der Waals surface area contributed by atoms with Crippen LogP contribution in [-0.2, 0) is 24.5 Å². The number of aliphatic hydroxyl groups is 1. The molecule has 0 saturated carbocycles. The molecule has 1 aliphatic heterocycles. The number of hydrogen-bond donors (Lipinski definition) is 2. The Morgan fingerprint density at radius 3 is 2.17 bits per heavy atom. The molecule has 0 spiro atoms. The van der Waals surface area contributed by atoms with Crippen molar-refractivity contribution in [3.05, 3.63) is 28.0 Å². The number of carbonyl (C=O) groups excluding carboxylic acids is 4. The number of fused-ring (bicyclic) bond motifs is 3. The Kier molecular flexibility index (Phi) is 4.78. The van der Waals surface area contributed by atoms with E-state index in [1.807, 2.05) is 0 Å².